The molecule has 0 N–H and O–H groups in total. The SMILES string of the molecule is CCOC(=O)c1cc(C)nc(S(C)(=O)=O)n1. The third kappa shape index (κ3) is 2.99. The van der Waals surface area contributed by atoms with Gasteiger partial charge in [-0.3, -0.25) is 0 Å². The Labute approximate surface area is 93.6 Å². The van der Waals surface area contributed by atoms with Gasteiger partial charge < -0.3 is 4.74 Å². The predicted molar refractivity (Wildman–Crippen MR) is 55.8 cm³/mol. The van der Waals surface area contributed by atoms with E-state index in [9.17, 15) is 13.2 Å². The number of sulfone groups is 1. The number of ether oxygens (including phenoxy) is 1. The monoisotopic (exact) mass is 244 g/mol. The van der Waals surface area contributed by atoms with Crippen molar-refractivity contribution in [1.82, 2.24) is 9.97 Å². The third-order valence-electron chi connectivity index (χ3n) is 1.65. The van der Waals surface area contributed by atoms with E-state index in [0.717, 1.165) is 6.26 Å². The van der Waals surface area contributed by atoms with Crippen LogP contribution in [0.3, 0.4) is 0 Å². The van der Waals surface area contributed by atoms with Crippen molar-refractivity contribution in [2.45, 2.75) is 19.0 Å². The summed E-state index contributed by atoms with van der Waals surface area (Å²) in [7, 11) is -3.53. The minimum Gasteiger partial charge on any atom is -0.461 e. The van der Waals surface area contributed by atoms with Gasteiger partial charge in [0.05, 0.1) is 6.61 Å². The molecule has 0 aromatic carbocycles. The van der Waals surface area contributed by atoms with Crippen molar-refractivity contribution >= 4 is 15.8 Å². The van der Waals surface area contributed by atoms with Crippen LogP contribution in [0.25, 0.3) is 0 Å². The molecule has 0 saturated carbocycles. The lowest BCUT2D eigenvalue weighted by atomic mass is 10.3. The first-order valence-corrected chi connectivity index (χ1v) is 6.46. The molecule has 0 fully saturated rings. The molecule has 0 aliphatic carbocycles. The van der Waals surface area contributed by atoms with Gasteiger partial charge in [-0.15, -0.1) is 0 Å². The summed E-state index contributed by atoms with van der Waals surface area (Å²) in [5.74, 6) is -0.655. The van der Waals surface area contributed by atoms with Gasteiger partial charge >= 0.3 is 5.97 Å². The number of aryl methyl sites for hydroxylation is 1. The van der Waals surface area contributed by atoms with Gasteiger partial charge in [-0.05, 0) is 19.9 Å². The van der Waals surface area contributed by atoms with E-state index in [-0.39, 0.29) is 17.5 Å². The number of esters is 1. The molecule has 0 spiro atoms. The molecule has 0 aliphatic rings. The Morgan fingerprint density at radius 2 is 2.06 bits per heavy atom. The first-order chi connectivity index (χ1) is 7.34. The van der Waals surface area contributed by atoms with E-state index in [0.29, 0.717) is 5.69 Å². The Balaban J connectivity index is 3.24. The van der Waals surface area contributed by atoms with Crippen molar-refractivity contribution in [3.63, 3.8) is 0 Å². The van der Waals surface area contributed by atoms with Crippen LogP contribution in [0, 0.1) is 6.92 Å². The van der Waals surface area contributed by atoms with Crippen molar-refractivity contribution < 1.29 is 17.9 Å². The molecular formula is C9H12N2O4S. The summed E-state index contributed by atoms with van der Waals surface area (Å²) in [5.41, 5.74) is 0.355. The van der Waals surface area contributed by atoms with E-state index in [1.165, 1.54) is 6.07 Å². The lowest BCUT2D eigenvalue weighted by Gasteiger charge is -2.03. The topological polar surface area (TPSA) is 86.2 Å². The Morgan fingerprint density at radius 1 is 1.44 bits per heavy atom. The van der Waals surface area contributed by atoms with Crippen LogP contribution in [0.15, 0.2) is 11.2 Å². The first kappa shape index (κ1) is 12.6. The van der Waals surface area contributed by atoms with E-state index in [4.69, 9.17) is 4.74 Å². The Morgan fingerprint density at radius 3 is 2.56 bits per heavy atom. The van der Waals surface area contributed by atoms with E-state index < -0.39 is 15.8 Å². The highest BCUT2D eigenvalue weighted by molar-refractivity contribution is 7.90. The number of carbonyl (C=O) groups excluding carboxylic acids is 1. The van der Waals surface area contributed by atoms with Gasteiger partial charge in [0.2, 0.25) is 15.0 Å². The quantitative estimate of drug-likeness (QED) is 0.564. The minimum absolute atomic E-state index is 0.0465. The molecule has 0 bridgehead atoms. The molecule has 6 nitrogen and oxygen atoms in total. The average Bonchev–Trinajstić information content (AvgIpc) is 2.16. The second-order valence-corrected chi connectivity index (χ2v) is 5.08. The van der Waals surface area contributed by atoms with Crippen LogP contribution in [0.1, 0.15) is 23.1 Å². The van der Waals surface area contributed by atoms with Crippen LogP contribution in [-0.2, 0) is 14.6 Å². The average molecular weight is 244 g/mol. The van der Waals surface area contributed by atoms with Gasteiger partial charge in [0.25, 0.3) is 0 Å². The van der Waals surface area contributed by atoms with Crippen molar-refractivity contribution in [3.05, 3.63) is 17.5 Å². The molecule has 0 saturated heterocycles. The molecule has 1 aromatic heterocycles. The Kier molecular flexibility index (Phi) is 3.58. The Hall–Kier alpha value is -1.50. The van der Waals surface area contributed by atoms with E-state index in [1.807, 2.05) is 0 Å². The van der Waals surface area contributed by atoms with Crippen LogP contribution in [0.2, 0.25) is 0 Å². The van der Waals surface area contributed by atoms with Crippen LogP contribution < -0.4 is 0 Å². The number of hydrogen-bond donors (Lipinski definition) is 0. The van der Waals surface area contributed by atoms with Crippen LogP contribution in [0.4, 0.5) is 0 Å². The molecule has 1 rings (SSSR count). The highest BCUT2D eigenvalue weighted by Gasteiger charge is 2.17. The largest absolute Gasteiger partial charge is 0.461 e. The molecule has 1 aromatic rings. The number of carbonyl (C=O) groups is 1. The highest BCUT2D eigenvalue weighted by atomic mass is 32.2. The predicted octanol–water partition coefficient (Wildman–Crippen LogP) is 0.365. The zero-order valence-electron chi connectivity index (χ0n) is 9.22. The zero-order valence-corrected chi connectivity index (χ0v) is 10.0. The molecule has 16 heavy (non-hydrogen) atoms. The number of hydrogen-bond acceptors (Lipinski definition) is 6. The van der Waals surface area contributed by atoms with E-state index in [1.54, 1.807) is 13.8 Å². The van der Waals surface area contributed by atoms with Crippen molar-refractivity contribution in [2.75, 3.05) is 12.9 Å². The minimum atomic E-state index is -3.53. The fourth-order valence-electron chi connectivity index (χ4n) is 1.02. The molecule has 0 amide bonds. The molecule has 7 heteroatoms. The number of nitrogens with zero attached hydrogens (tertiary/aromatic N) is 2. The van der Waals surface area contributed by atoms with Crippen molar-refractivity contribution in [2.24, 2.45) is 0 Å². The second-order valence-electron chi connectivity index (χ2n) is 3.17. The normalized spacial score (nSPS) is 11.2. The first-order valence-electron chi connectivity index (χ1n) is 4.57. The van der Waals surface area contributed by atoms with Gasteiger partial charge in [-0.1, -0.05) is 0 Å². The summed E-state index contributed by atoms with van der Waals surface area (Å²) in [6, 6.07) is 1.38. The maximum absolute atomic E-state index is 11.4. The van der Waals surface area contributed by atoms with Gasteiger partial charge in [0.1, 0.15) is 0 Å². The summed E-state index contributed by atoms with van der Waals surface area (Å²) in [5, 5.41) is -0.365. The number of rotatable bonds is 3. The highest BCUT2D eigenvalue weighted by Crippen LogP contribution is 2.07. The van der Waals surface area contributed by atoms with Crippen molar-refractivity contribution in [3.8, 4) is 0 Å². The van der Waals surface area contributed by atoms with E-state index >= 15 is 0 Å². The lowest BCUT2D eigenvalue weighted by molar-refractivity contribution is 0.0518. The molecule has 0 unspecified atom stereocenters. The fraction of sp³-hybridized carbons (Fsp3) is 0.444. The van der Waals surface area contributed by atoms with Crippen molar-refractivity contribution in [1.29, 1.82) is 0 Å². The maximum atomic E-state index is 11.4. The fourth-order valence-corrected chi connectivity index (χ4v) is 1.59. The smallest absolute Gasteiger partial charge is 0.357 e. The maximum Gasteiger partial charge on any atom is 0.357 e. The molecule has 0 aliphatic heterocycles. The van der Waals surface area contributed by atoms with Gasteiger partial charge in [-0.2, -0.15) is 0 Å². The Bertz CT molecular complexity index is 510. The summed E-state index contributed by atoms with van der Waals surface area (Å²) in [6.45, 7) is 3.44. The third-order valence-corrected chi connectivity index (χ3v) is 2.50. The molecule has 1 heterocycles. The zero-order chi connectivity index (χ0) is 12.3. The van der Waals surface area contributed by atoms with Crippen LogP contribution in [0.5, 0.6) is 0 Å². The van der Waals surface area contributed by atoms with Gasteiger partial charge in [0.15, 0.2) is 5.69 Å². The molecular weight excluding hydrogens is 232 g/mol. The summed E-state index contributed by atoms with van der Waals surface area (Å²) < 4.78 is 27.2. The van der Waals surface area contributed by atoms with E-state index in [2.05, 4.69) is 9.97 Å². The van der Waals surface area contributed by atoms with Crippen LogP contribution >= 0.6 is 0 Å². The van der Waals surface area contributed by atoms with Gasteiger partial charge in [-0.25, -0.2) is 23.2 Å². The summed E-state index contributed by atoms with van der Waals surface area (Å²) in [6.07, 6.45) is 0.983. The second kappa shape index (κ2) is 4.56. The van der Waals surface area contributed by atoms with Gasteiger partial charge in [0, 0.05) is 11.9 Å². The summed E-state index contributed by atoms with van der Waals surface area (Å²) in [4.78, 5) is 18.8. The molecule has 0 atom stereocenters. The number of aromatic nitrogens is 2. The summed E-state index contributed by atoms with van der Waals surface area (Å²) >= 11 is 0. The van der Waals surface area contributed by atoms with Crippen LogP contribution in [-0.4, -0.2) is 37.2 Å². The lowest BCUT2D eigenvalue weighted by Crippen LogP contribution is -2.13. The standard InChI is InChI=1S/C9H12N2O4S/c1-4-15-8(12)7-5-6(2)10-9(11-7)16(3,13)14/h5H,4H2,1-3H3. The molecule has 0 radical (unpaired) electrons. The molecule has 88 valence electrons.